The monoisotopic (exact) mass is 427 g/mol. The van der Waals surface area contributed by atoms with Crippen LogP contribution in [0.3, 0.4) is 0 Å². The fourth-order valence-electron chi connectivity index (χ4n) is 4.59. The van der Waals surface area contributed by atoms with E-state index in [9.17, 15) is 14.0 Å². The van der Waals surface area contributed by atoms with Gasteiger partial charge in [-0.05, 0) is 37.0 Å². The fourth-order valence-corrected chi connectivity index (χ4v) is 5.46. The van der Waals surface area contributed by atoms with Crippen LogP contribution >= 0.6 is 11.3 Å². The van der Waals surface area contributed by atoms with Crippen LogP contribution in [0, 0.1) is 11.7 Å². The number of ketones is 1. The first-order chi connectivity index (χ1) is 14.5. The van der Waals surface area contributed by atoms with Crippen molar-refractivity contribution in [2.24, 2.45) is 5.92 Å². The lowest BCUT2D eigenvalue weighted by atomic mass is 9.77. The molecule has 1 fully saturated rings. The summed E-state index contributed by atoms with van der Waals surface area (Å²) in [6.07, 6.45) is 3.20. The number of halogens is 1. The average Bonchev–Trinajstić information content (AvgIpc) is 3.32. The van der Waals surface area contributed by atoms with Crippen LogP contribution in [0.25, 0.3) is 0 Å². The van der Waals surface area contributed by atoms with Crippen molar-refractivity contribution in [2.75, 3.05) is 4.90 Å². The van der Waals surface area contributed by atoms with Gasteiger partial charge in [-0.25, -0.2) is 4.39 Å². The molecule has 156 valence electrons. The zero-order valence-electron chi connectivity index (χ0n) is 16.8. The van der Waals surface area contributed by atoms with Gasteiger partial charge < -0.3 is 4.74 Å². The van der Waals surface area contributed by atoms with Crippen molar-refractivity contribution >= 4 is 28.2 Å². The maximum Gasteiger partial charge on any atom is 0.296 e. The second-order valence-corrected chi connectivity index (χ2v) is 9.35. The van der Waals surface area contributed by atoms with Crippen molar-refractivity contribution in [1.82, 2.24) is 10.2 Å². The zero-order chi connectivity index (χ0) is 21.0. The molecule has 0 saturated heterocycles. The molecule has 2 aromatic rings. The van der Waals surface area contributed by atoms with Crippen LogP contribution < -0.4 is 4.90 Å². The van der Waals surface area contributed by atoms with Gasteiger partial charge in [-0.15, -0.1) is 10.2 Å². The summed E-state index contributed by atoms with van der Waals surface area (Å²) in [5.74, 6) is -0.873. The molecule has 3 aliphatic rings. The minimum atomic E-state index is -0.758. The topological polar surface area (TPSA) is 72.4 Å². The van der Waals surface area contributed by atoms with Gasteiger partial charge in [-0.1, -0.05) is 43.7 Å². The quantitative estimate of drug-likeness (QED) is 0.730. The number of anilines is 1. The first kappa shape index (κ1) is 19.4. The zero-order valence-corrected chi connectivity index (χ0v) is 17.6. The molecule has 0 bridgehead atoms. The average molecular weight is 428 g/mol. The molecule has 3 heterocycles. The van der Waals surface area contributed by atoms with Gasteiger partial charge in [0.15, 0.2) is 11.5 Å². The predicted octanol–water partition coefficient (Wildman–Crippen LogP) is 4.30. The standard InChI is InChI=1S/C22H22FN3O3S/c1-11(2)20-24-25-22(30-20)26-17(12-6-5-7-13(23)10-12)16-18(27)14-8-3-4-9-15(14)29-19(16)21(26)28/h5-7,10-11,14-15,17H,3-4,8-9H2,1-2H3. The number of carbonyl (C=O) groups excluding carboxylic acids is 2. The molecule has 2 aliphatic heterocycles. The molecule has 30 heavy (non-hydrogen) atoms. The SMILES string of the molecule is CC(C)c1nnc(N2C(=O)C3=C(C(=O)C4CCCCC4O3)C2c2cccc(F)c2)s1. The van der Waals surface area contributed by atoms with Crippen LogP contribution in [-0.4, -0.2) is 28.0 Å². The van der Waals surface area contributed by atoms with E-state index >= 15 is 0 Å². The number of fused-ring (bicyclic) bond motifs is 1. The number of carbonyl (C=O) groups is 2. The van der Waals surface area contributed by atoms with Gasteiger partial charge in [0.05, 0.1) is 17.5 Å². The number of Topliss-reactive ketones (excluding diaryl/α,β-unsaturated/α-hetero) is 1. The van der Waals surface area contributed by atoms with E-state index in [-0.39, 0.29) is 29.5 Å². The summed E-state index contributed by atoms with van der Waals surface area (Å²) in [5, 5.41) is 9.62. The van der Waals surface area contributed by atoms with Gasteiger partial charge in [0.1, 0.15) is 16.9 Å². The van der Waals surface area contributed by atoms with Gasteiger partial charge >= 0.3 is 0 Å². The maximum atomic E-state index is 14.1. The fraction of sp³-hybridized carbons (Fsp3) is 0.455. The largest absolute Gasteiger partial charge is 0.483 e. The Kier molecular flexibility index (Phi) is 4.69. The van der Waals surface area contributed by atoms with Gasteiger partial charge in [0, 0.05) is 5.92 Å². The lowest BCUT2D eigenvalue weighted by Gasteiger charge is -2.35. The normalized spacial score (nSPS) is 26.1. The minimum absolute atomic E-state index is 0.0559. The van der Waals surface area contributed by atoms with Crippen LogP contribution in [0.15, 0.2) is 35.6 Å². The van der Waals surface area contributed by atoms with E-state index in [1.54, 1.807) is 12.1 Å². The second kappa shape index (κ2) is 7.27. The third-order valence-corrected chi connectivity index (χ3v) is 7.28. The van der Waals surface area contributed by atoms with E-state index < -0.39 is 17.8 Å². The van der Waals surface area contributed by atoms with Crippen molar-refractivity contribution in [3.63, 3.8) is 0 Å². The number of benzene rings is 1. The van der Waals surface area contributed by atoms with Crippen LogP contribution in [-0.2, 0) is 14.3 Å². The Morgan fingerprint density at radius 1 is 1.20 bits per heavy atom. The number of amides is 1. The van der Waals surface area contributed by atoms with Gasteiger partial charge in [0.25, 0.3) is 5.91 Å². The summed E-state index contributed by atoms with van der Waals surface area (Å²) in [4.78, 5) is 28.4. The third-order valence-electron chi connectivity index (χ3n) is 6.06. The van der Waals surface area contributed by atoms with Crippen LogP contribution in [0.2, 0.25) is 0 Å². The maximum absolute atomic E-state index is 14.1. The number of hydrogen-bond donors (Lipinski definition) is 0. The highest BCUT2D eigenvalue weighted by atomic mass is 32.1. The highest BCUT2D eigenvalue weighted by molar-refractivity contribution is 7.15. The number of rotatable bonds is 3. The Morgan fingerprint density at radius 2 is 2.00 bits per heavy atom. The lowest BCUT2D eigenvalue weighted by molar-refractivity contribution is -0.131. The summed E-state index contributed by atoms with van der Waals surface area (Å²) >= 11 is 1.31. The van der Waals surface area contributed by atoms with E-state index in [1.807, 2.05) is 13.8 Å². The first-order valence-corrected chi connectivity index (χ1v) is 11.1. The number of nitrogens with zero attached hydrogens (tertiary/aromatic N) is 3. The molecule has 6 nitrogen and oxygen atoms in total. The van der Waals surface area contributed by atoms with E-state index in [0.717, 1.165) is 30.7 Å². The highest BCUT2D eigenvalue weighted by Gasteiger charge is 2.53. The van der Waals surface area contributed by atoms with E-state index in [2.05, 4.69) is 10.2 Å². The first-order valence-electron chi connectivity index (χ1n) is 10.3. The molecule has 0 radical (unpaired) electrons. The van der Waals surface area contributed by atoms with Crippen LogP contribution in [0.1, 0.15) is 62.1 Å². The molecule has 5 rings (SSSR count). The summed E-state index contributed by atoms with van der Waals surface area (Å²) in [6.45, 7) is 4.00. The molecule has 1 aliphatic carbocycles. The third kappa shape index (κ3) is 2.96. The highest BCUT2D eigenvalue weighted by Crippen LogP contribution is 2.48. The minimum Gasteiger partial charge on any atom is -0.483 e. The number of hydrogen-bond acceptors (Lipinski definition) is 6. The molecule has 0 spiro atoms. The summed E-state index contributed by atoms with van der Waals surface area (Å²) < 4.78 is 20.2. The number of aromatic nitrogens is 2. The predicted molar refractivity (Wildman–Crippen MR) is 109 cm³/mol. The lowest BCUT2D eigenvalue weighted by Crippen LogP contribution is -2.39. The van der Waals surface area contributed by atoms with Crippen molar-refractivity contribution in [3.05, 3.63) is 52.0 Å². The number of ether oxygens (including phenoxy) is 1. The van der Waals surface area contributed by atoms with Gasteiger partial charge in [-0.3, -0.25) is 14.5 Å². The Morgan fingerprint density at radius 3 is 2.73 bits per heavy atom. The molecular weight excluding hydrogens is 405 g/mol. The van der Waals surface area contributed by atoms with Crippen LogP contribution in [0.5, 0.6) is 0 Å². The second-order valence-electron chi connectivity index (χ2n) is 8.36. The van der Waals surface area contributed by atoms with Crippen molar-refractivity contribution in [1.29, 1.82) is 0 Å². The molecule has 1 saturated carbocycles. The molecule has 0 N–H and O–H groups in total. The summed E-state index contributed by atoms with van der Waals surface area (Å²) in [6, 6.07) is 5.27. The Labute approximate surface area is 177 Å². The molecule has 1 aromatic heterocycles. The molecular formula is C22H22FN3O3S. The molecule has 3 atom stereocenters. The van der Waals surface area contributed by atoms with Gasteiger partial charge in [-0.2, -0.15) is 0 Å². The Balaban J connectivity index is 1.64. The van der Waals surface area contributed by atoms with E-state index in [4.69, 9.17) is 4.74 Å². The van der Waals surface area contributed by atoms with Gasteiger partial charge in [0.2, 0.25) is 5.13 Å². The van der Waals surface area contributed by atoms with E-state index in [1.165, 1.54) is 28.4 Å². The van der Waals surface area contributed by atoms with Crippen LogP contribution in [0.4, 0.5) is 9.52 Å². The molecule has 3 unspecified atom stereocenters. The van der Waals surface area contributed by atoms with Crippen molar-refractivity contribution in [3.8, 4) is 0 Å². The molecule has 1 aromatic carbocycles. The Bertz CT molecular complexity index is 1060. The smallest absolute Gasteiger partial charge is 0.296 e. The van der Waals surface area contributed by atoms with Crippen molar-refractivity contribution < 1.29 is 18.7 Å². The molecule has 8 heteroatoms. The summed E-state index contributed by atoms with van der Waals surface area (Å²) in [7, 11) is 0. The molecule has 1 amide bonds. The summed E-state index contributed by atoms with van der Waals surface area (Å²) in [5.41, 5.74) is 0.857. The van der Waals surface area contributed by atoms with E-state index in [0.29, 0.717) is 16.3 Å². The van der Waals surface area contributed by atoms with Crippen molar-refractivity contribution in [2.45, 2.75) is 57.6 Å². The Hall–Kier alpha value is -2.61.